The van der Waals surface area contributed by atoms with Gasteiger partial charge in [0.25, 0.3) is 5.91 Å². The molecule has 0 unspecified atom stereocenters. The molecular formula is C21H25N3O2S. The normalized spacial score (nSPS) is 11.1. The van der Waals surface area contributed by atoms with Crippen molar-refractivity contribution in [3.63, 3.8) is 0 Å². The van der Waals surface area contributed by atoms with Crippen molar-refractivity contribution in [2.75, 3.05) is 38.2 Å². The van der Waals surface area contributed by atoms with E-state index in [1.165, 1.54) is 0 Å². The van der Waals surface area contributed by atoms with Crippen LogP contribution >= 0.6 is 11.3 Å². The lowest BCUT2D eigenvalue weighted by molar-refractivity contribution is 0.0981. The number of methoxy groups -OCH3 is 1. The van der Waals surface area contributed by atoms with E-state index >= 15 is 0 Å². The van der Waals surface area contributed by atoms with Crippen molar-refractivity contribution >= 4 is 32.6 Å². The maximum absolute atomic E-state index is 13.4. The van der Waals surface area contributed by atoms with Crippen LogP contribution in [0, 0.1) is 0 Å². The average molecular weight is 384 g/mol. The van der Waals surface area contributed by atoms with Crippen LogP contribution in [0.2, 0.25) is 0 Å². The zero-order valence-corrected chi connectivity index (χ0v) is 16.8. The molecule has 0 N–H and O–H groups in total. The number of carbonyl (C=O) groups excluding carboxylic acids is 1. The minimum Gasteiger partial charge on any atom is -0.496 e. The second kappa shape index (κ2) is 8.97. The van der Waals surface area contributed by atoms with Crippen LogP contribution in [0.1, 0.15) is 24.2 Å². The van der Waals surface area contributed by atoms with Crippen LogP contribution in [0.15, 0.2) is 48.5 Å². The van der Waals surface area contributed by atoms with E-state index in [9.17, 15) is 4.79 Å². The summed E-state index contributed by atoms with van der Waals surface area (Å²) in [7, 11) is 1.59. The lowest BCUT2D eigenvalue weighted by atomic mass is 10.1. The van der Waals surface area contributed by atoms with E-state index in [-0.39, 0.29) is 5.91 Å². The van der Waals surface area contributed by atoms with E-state index < -0.39 is 0 Å². The summed E-state index contributed by atoms with van der Waals surface area (Å²) < 4.78 is 6.48. The Hall–Kier alpha value is -2.44. The molecule has 1 heterocycles. The average Bonchev–Trinajstić information content (AvgIpc) is 3.14. The highest BCUT2D eigenvalue weighted by molar-refractivity contribution is 7.22. The third-order valence-electron chi connectivity index (χ3n) is 4.63. The van der Waals surface area contributed by atoms with Crippen molar-refractivity contribution in [1.29, 1.82) is 0 Å². The van der Waals surface area contributed by atoms with Gasteiger partial charge in [0, 0.05) is 13.1 Å². The molecule has 0 saturated carbocycles. The van der Waals surface area contributed by atoms with Crippen molar-refractivity contribution in [2.45, 2.75) is 13.8 Å². The zero-order valence-electron chi connectivity index (χ0n) is 16.0. The molecule has 0 radical (unpaired) electrons. The van der Waals surface area contributed by atoms with E-state index in [0.717, 1.165) is 35.0 Å². The molecule has 0 bridgehead atoms. The molecule has 0 spiro atoms. The summed E-state index contributed by atoms with van der Waals surface area (Å²) in [5.41, 5.74) is 1.47. The predicted molar refractivity (Wildman–Crippen MR) is 112 cm³/mol. The number of benzene rings is 2. The Labute approximate surface area is 164 Å². The number of rotatable bonds is 8. The van der Waals surface area contributed by atoms with E-state index in [2.05, 4.69) is 18.7 Å². The summed E-state index contributed by atoms with van der Waals surface area (Å²) in [6, 6.07) is 15.3. The summed E-state index contributed by atoms with van der Waals surface area (Å²) in [5.74, 6) is 0.495. The fourth-order valence-electron chi connectivity index (χ4n) is 3.01. The van der Waals surface area contributed by atoms with Gasteiger partial charge >= 0.3 is 0 Å². The van der Waals surface area contributed by atoms with Crippen molar-refractivity contribution < 1.29 is 9.53 Å². The Morgan fingerprint density at radius 2 is 1.74 bits per heavy atom. The monoisotopic (exact) mass is 383 g/mol. The molecule has 6 heteroatoms. The highest BCUT2D eigenvalue weighted by Gasteiger charge is 2.24. The van der Waals surface area contributed by atoms with Gasteiger partial charge in [0.2, 0.25) is 0 Å². The van der Waals surface area contributed by atoms with Gasteiger partial charge in [-0.05, 0) is 37.4 Å². The molecular weight excluding hydrogens is 358 g/mol. The summed E-state index contributed by atoms with van der Waals surface area (Å²) in [5, 5.41) is 0.722. The summed E-state index contributed by atoms with van der Waals surface area (Å²) >= 11 is 1.54. The Balaban J connectivity index is 1.97. The van der Waals surface area contributed by atoms with Crippen LogP contribution < -0.4 is 9.64 Å². The van der Waals surface area contributed by atoms with Gasteiger partial charge < -0.3 is 9.64 Å². The number of aromatic nitrogens is 1. The number of fused-ring (bicyclic) bond motifs is 1. The Kier molecular flexibility index (Phi) is 6.42. The summed E-state index contributed by atoms with van der Waals surface area (Å²) in [6.45, 7) is 7.55. The molecule has 0 aliphatic heterocycles. The molecule has 27 heavy (non-hydrogen) atoms. The van der Waals surface area contributed by atoms with Gasteiger partial charge in [0.05, 0.1) is 22.9 Å². The maximum atomic E-state index is 13.4. The molecule has 2 aromatic carbocycles. The SMILES string of the molecule is CCN(CC)CCN(C(=O)c1ccccc1OC)c1nc2ccccc2s1. The Morgan fingerprint density at radius 3 is 2.44 bits per heavy atom. The number of para-hydroxylation sites is 2. The van der Waals surface area contributed by atoms with E-state index in [4.69, 9.17) is 9.72 Å². The fourth-order valence-corrected chi connectivity index (χ4v) is 4.00. The second-order valence-corrected chi connectivity index (χ2v) is 7.16. The predicted octanol–water partition coefficient (Wildman–Crippen LogP) is 4.29. The van der Waals surface area contributed by atoms with Gasteiger partial charge in [-0.3, -0.25) is 9.69 Å². The lowest BCUT2D eigenvalue weighted by Gasteiger charge is -2.25. The minimum atomic E-state index is -0.0846. The highest BCUT2D eigenvalue weighted by Crippen LogP contribution is 2.30. The van der Waals surface area contributed by atoms with Gasteiger partial charge in [0.1, 0.15) is 5.75 Å². The third-order valence-corrected chi connectivity index (χ3v) is 5.69. The third kappa shape index (κ3) is 4.28. The Bertz CT molecular complexity index is 872. The standard InChI is InChI=1S/C21H25N3O2S/c1-4-23(5-2)14-15-24(20(25)16-10-6-8-12-18(16)26-3)21-22-17-11-7-9-13-19(17)27-21/h6-13H,4-5,14-15H2,1-3H3. The number of amides is 1. The number of anilines is 1. The first-order chi connectivity index (χ1) is 13.2. The topological polar surface area (TPSA) is 45.7 Å². The molecule has 1 amide bonds. The maximum Gasteiger partial charge on any atom is 0.263 e. The number of nitrogens with zero attached hydrogens (tertiary/aromatic N) is 3. The number of carbonyl (C=O) groups is 1. The first-order valence-electron chi connectivity index (χ1n) is 9.20. The molecule has 0 saturated heterocycles. The van der Waals surface area contributed by atoms with Crippen LogP contribution in [0.5, 0.6) is 5.75 Å². The van der Waals surface area contributed by atoms with Crippen LogP contribution in [-0.4, -0.2) is 49.1 Å². The summed E-state index contributed by atoms with van der Waals surface area (Å²) in [4.78, 5) is 22.2. The molecule has 3 rings (SSSR count). The number of hydrogen-bond donors (Lipinski definition) is 0. The van der Waals surface area contributed by atoms with Crippen LogP contribution in [0.4, 0.5) is 5.13 Å². The van der Waals surface area contributed by atoms with E-state index in [1.807, 2.05) is 42.5 Å². The van der Waals surface area contributed by atoms with Gasteiger partial charge in [-0.25, -0.2) is 4.98 Å². The van der Waals surface area contributed by atoms with Crippen molar-refractivity contribution in [1.82, 2.24) is 9.88 Å². The Morgan fingerprint density at radius 1 is 1.04 bits per heavy atom. The number of hydrogen-bond acceptors (Lipinski definition) is 5. The molecule has 3 aromatic rings. The molecule has 0 atom stereocenters. The van der Waals surface area contributed by atoms with E-state index in [0.29, 0.717) is 17.9 Å². The van der Waals surface area contributed by atoms with Crippen LogP contribution in [-0.2, 0) is 0 Å². The number of likely N-dealkylation sites (N-methyl/N-ethyl adjacent to an activating group) is 1. The largest absolute Gasteiger partial charge is 0.496 e. The molecule has 142 valence electrons. The summed E-state index contributed by atoms with van der Waals surface area (Å²) in [6.07, 6.45) is 0. The number of thiazole rings is 1. The van der Waals surface area contributed by atoms with Gasteiger partial charge in [-0.1, -0.05) is 49.4 Å². The first-order valence-corrected chi connectivity index (χ1v) is 10.0. The zero-order chi connectivity index (χ0) is 19.2. The molecule has 0 aliphatic rings. The quantitative estimate of drug-likeness (QED) is 0.582. The van der Waals surface area contributed by atoms with Gasteiger partial charge in [-0.15, -0.1) is 0 Å². The fraction of sp³-hybridized carbons (Fsp3) is 0.333. The molecule has 5 nitrogen and oxygen atoms in total. The first kappa shape index (κ1) is 19.3. The lowest BCUT2D eigenvalue weighted by Crippen LogP contribution is -2.39. The van der Waals surface area contributed by atoms with Gasteiger partial charge in [-0.2, -0.15) is 0 Å². The highest BCUT2D eigenvalue weighted by atomic mass is 32.1. The van der Waals surface area contributed by atoms with Crippen LogP contribution in [0.25, 0.3) is 10.2 Å². The molecule has 0 aliphatic carbocycles. The number of ether oxygens (including phenoxy) is 1. The van der Waals surface area contributed by atoms with E-state index in [1.54, 1.807) is 29.4 Å². The smallest absolute Gasteiger partial charge is 0.263 e. The van der Waals surface area contributed by atoms with Crippen molar-refractivity contribution in [3.8, 4) is 5.75 Å². The molecule has 0 fully saturated rings. The second-order valence-electron chi connectivity index (χ2n) is 6.15. The van der Waals surface area contributed by atoms with Gasteiger partial charge in [0.15, 0.2) is 5.13 Å². The van der Waals surface area contributed by atoms with Crippen LogP contribution in [0.3, 0.4) is 0 Å². The molecule has 1 aromatic heterocycles. The van der Waals surface area contributed by atoms with Crippen molar-refractivity contribution in [2.24, 2.45) is 0 Å². The minimum absolute atomic E-state index is 0.0846. The van der Waals surface area contributed by atoms with Crippen molar-refractivity contribution in [3.05, 3.63) is 54.1 Å².